The van der Waals surface area contributed by atoms with Gasteiger partial charge in [-0.3, -0.25) is 0 Å². The maximum Gasteiger partial charge on any atom is 0.226 e. The number of rotatable bonds is 10. The summed E-state index contributed by atoms with van der Waals surface area (Å²) in [7, 11) is 0. The van der Waals surface area contributed by atoms with Crippen molar-refractivity contribution in [3.63, 3.8) is 0 Å². The number of hydrogen-bond donors (Lipinski definition) is 0. The van der Waals surface area contributed by atoms with Gasteiger partial charge in [0, 0.05) is 12.0 Å². The molecule has 0 saturated heterocycles. The van der Waals surface area contributed by atoms with Crippen molar-refractivity contribution in [2.24, 2.45) is 0 Å². The highest BCUT2D eigenvalue weighted by molar-refractivity contribution is 5.68. The molecular weight excluding hydrogens is 336 g/mol. The Morgan fingerprint density at radius 2 is 1.41 bits per heavy atom. The van der Waals surface area contributed by atoms with Crippen LogP contribution in [0, 0.1) is 0 Å². The van der Waals surface area contributed by atoms with E-state index in [2.05, 4.69) is 41.3 Å². The molecule has 27 heavy (non-hydrogen) atoms. The summed E-state index contributed by atoms with van der Waals surface area (Å²) in [6.07, 6.45) is 7.02. The lowest BCUT2D eigenvalue weighted by molar-refractivity contribution is 0.304. The zero-order valence-corrected chi connectivity index (χ0v) is 16.3. The van der Waals surface area contributed by atoms with Gasteiger partial charge >= 0.3 is 0 Å². The van der Waals surface area contributed by atoms with Gasteiger partial charge in [-0.25, -0.2) is 0 Å². The van der Waals surface area contributed by atoms with E-state index in [1.54, 1.807) is 0 Å². The Labute approximate surface area is 161 Å². The number of hydrogen-bond acceptors (Lipinski definition) is 4. The second-order valence-electron chi connectivity index (χ2n) is 6.73. The third-order valence-electron chi connectivity index (χ3n) is 4.62. The van der Waals surface area contributed by atoms with Gasteiger partial charge in [-0.1, -0.05) is 81.1 Å². The summed E-state index contributed by atoms with van der Waals surface area (Å²) >= 11 is 0. The number of nitrogens with zero attached hydrogens (tertiary/aromatic N) is 2. The molecule has 0 fully saturated rings. The first-order valence-electron chi connectivity index (χ1n) is 9.96. The van der Waals surface area contributed by atoms with Crippen molar-refractivity contribution >= 4 is 0 Å². The van der Waals surface area contributed by atoms with Gasteiger partial charge in [0.1, 0.15) is 5.75 Å². The lowest BCUT2D eigenvalue weighted by Crippen LogP contribution is -1.97. The van der Waals surface area contributed by atoms with Crippen molar-refractivity contribution in [2.75, 3.05) is 6.61 Å². The average molecular weight is 364 g/mol. The maximum atomic E-state index is 5.84. The molecule has 1 aromatic heterocycles. The average Bonchev–Trinajstić information content (AvgIpc) is 3.21. The van der Waals surface area contributed by atoms with E-state index >= 15 is 0 Å². The number of benzene rings is 2. The molecule has 0 aliphatic carbocycles. The Morgan fingerprint density at radius 1 is 0.778 bits per heavy atom. The zero-order chi connectivity index (χ0) is 18.9. The Morgan fingerprint density at radius 3 is 2.04 bits per heavy atom. The third kappa shape index (κ3) is 5.43. The van der Waals surface area contributed by atoms with Crippen LogP contribution in [-0.4, -0.2) is 16.7 Å². The molecule has 0 saturated carbocycles. The normalized spacial score (nSPS) is 10.9. The fraction of sp³-hybridized carbons (Fsp3) is 0.391. The van der Waals surface area contributed by atoms with E-state index in [1.165, 1.54) is 31.2 Å². The smallest absolute Gasteiger partial charge is 0.226 e. The van der Waals surface area contributed by atoms with Crippen LogP contribution in [-0.2, 0) is 6.42 Å². The lowest BCUT2D eigenvalue weighted by Gasteiger charge is -2.08. The molecule has 0 bridgehead atoms. The molecule has 0 unspecified atom stereocenters. The molecule has 0 amide bonds. The largest absolute Gasteiger partial charge is 0.494 e. The van der Waals surface area contributed by atoms with Crippen LogP contribution in [0.25, 0.3) is 22.5 Å². The van der Waals surface area contributed by atoms with Crippen LogP contribution in [0.1, 0.15) is 51.8 Å². The molecule has 0 spiro atoms. The number of aromatic nitrogens is 2. The van der Waals surface area contributed by atoms with E-state index in [9.17, 15) is 0 Å². The van der Waals surface area contributed by atoms with Gasteiger partial charge in [-0.05, 0) is 29.7 Å². The second kappa shape index (κ2) is 9.91. The number of ether oxygens (including phenoxy) is 1. The summed E-state index contributed by atoms with van der Waals surface area (Å²) in [5.74, 6) is 2.24. The highest BCUT2D eigenvalue weighted by Crippen LogP contribution is 2.25. The van der Waals surface area contributed by atoms with Gasteiger partial charge in [0.25, 0.3) is 0 Å². The summed E-state index contributed by atoms with van der Waals surface area (Å²) in [6, 6.07) is 16.5. The first-order valence-corrected chi connectivity index (χ1v) is 9.96. The minimum Gasteiger partial charge on any atom is -0.494 e. The van der Waals surface area contributed by atoms with Gasteiger partial charge in [-0.2, -0.15) is 4.98 Å². The molecular formula is C23H28N2O2. The quantitative estimate of drug-likeness (QED) is 0.395. The van der Waals surface area contributed by atoms with Crippen LogP contribution in [0.15, 0.2) is 53.1 Å². The van der Waals surface area contributed by atoms with Crippen LogP contribution in [0.5, 0.6) is 5.75 Å². The molecule has 1 heterocycles. The summed E-state index contributed by atoms with van der Waals surface area (Å²) < 4.78 is 11.0. The molecule has 4 heteroatoms. The highest BCUT2D eigenvalue weighted by Gasteiger charge is 2.07. The van der Waals surface area contributed by atoms with Crippen LogP contribution >= 0.6 is 0 Å². The third-order valence-corrected chi connectivity index (χ3v) is 4.62. The first-order chi connectivity index (χ1) is 13.3. The maximum absolute atomic E-state index is 5.84. The molecule has 0 atom stereocenters. The Balaban J connectivity index is 1.55. The molecule has 142 valence electrons. The standard InChI is InChI=1S/C23H28N2O2/c1-3-5-6-7-8-17-26-21-15-13-19(14-16-21)18-9-11-20(12-10-18)23-24-22(4-2)27-25-23/h9-16H,3-8,17H2,1-2H3. The minimum absolute atomic E-state index is 0.640. The van der Waals surface area contributed by atoms with Crippen molar-refractivity contribution in [3.05, 3.63) is 54.4 Å². The Kier molecular flexibility index (Phi) is 7.03. The highest BCUT2D eigenvalue weighted by atomic mass is 16.5. The topological polar surface area (TPSA) is 48.2 Å². The number of aryl methyl sites for hydroxylation is 1. The van der Waals surface area contributed by atoms with Crippen molar-refractivity contribution in [2.45, 2.75) is 52.4 Å². The van der Waals surface area contributed by atoms with Crippen LogP contribution < -0.4 is 4.74 Å². The predicted octanol–water partition coefficient (Wildman–Crippen LogP) is 6.32. The molecule has 3 aromatic rings. The van der Waals surface area contributed by atoms with E-state index < -0.39 is 0 Å². The summed E-state index contributed by atoms with van der Waals surface area (Å²) in [5.41, 5.74) is 3.29. The van der Waals surface area contributed by atoms with E-state index in [1.807, 2.05) is 31.2 Å². The Hall–Kier alpha value is -2.62. The molecule has 4 nitrogen and oxygen atoms in total. The Bertz CT molecular complexity index is 807. The lowest BCUT2D eigenvalue weighted by atomic mass is 10.0. The van der Waals surface area contributed by atoms with Crippen molar-refractivity contribution in [1.82, 2.24) is 10.1 Å². The van der Waals surface area contributed by atoms with Gasteiger partial charge in [0.15, 0.2) is 0 Å². The van der Waals surface area contributed by atoms with E-state index in [-0.39, 0.29) is 0 Å². The summed E-state index contributed by atoms with van der Waals surface area (Å²) in [6.45, 7) is 5.03. The van der Waals surface area contributed by atoms with Gasteiger partial charge in [0.2, 0.25) is 11.7 Å². The van der Waals surface area contributed by atoms with E-state index in [4.69, 9.17) is 9.26 Å². The van der Waals surface area contributed by atoms with E-state index in [0.29, 0.717) is 11.7 Å². The summed E-state index contributed by atoms with van der Waals surface area (Å²) in [4.78, 5) is 4.37. The monoisotopic (exact) mass is 364 g/mol. The van der Waals surface area contributed by atoms with Gasteiger partial charge in [-0.15, -0.1) is 0 Å². The van der Waals surface area contributed by atoms with Crippen molar-refractivity contribution in [3.8, 4) is 28.3 Å². The molecule has 0 aliphatic heterocycles. The predicted molar refractivity (Wildman–Crippen MR) is 109 cm³/mol. The van der Waals surface area contributed by atoms with Gasteiger partial charge < -0.3 is 9.26 Å². The van der Waals surface area contributed by atoms with Crippen molar-refractivity contribution in [1.29, 1.82) is 0 Å². The molecule has 3 rings (SSSR count). The molecule has 0 aliphatic rings. The fourth-order valence-electron chi connectivity index (χ4n) is 2.97. The molecule has 2 aromatic carbocycles. The zero-order valence-electron chi connectivity index (χ0n) is 16.3. The van der Waals surface area contributed by atoms with Crippen LogP contribution in [0.4, 0.5) is 0 Å². The van der Waals surface area contributed by atoms with Gasteiger partial charge in [0.05, 0.1) is 6.61 Å². The van der Waals surface area contributed by atoms with Crippen LogP contribution in [0.2, 0.25) is 0 Å². The second-order valence-corrected chi connectivity index (χ2v) is 6.73. The first kappa shape index (κ1) is 19.2. The number of unbranched alkanes of at least 4 members (excludes halogenated alkanes) is 4. The fourth-order valence-corrected chi connectivity index (χ4v) is 2.97. The van der Waals surface area contributed by atoms with Crippen molar-refractivity contribution < 1.29 is 9.26 Å². The molecule has 0 N–H and O–H groups in total. The minimum atomic E-state index is 0.640. The SMILES string of the molecule is CCCCCCCOc1ccc(-c2ccc(-c3noc(CC)n3)cc2)cc1. The summed E-state index contributed by atoms with van der Waals surface area (Å²) in [5, 5.41) is 4.02. The molecule has 0 radical (unpaired) electrons. The van der Waals surface area contributed by atoms with E-state index in [0.717, 1.165) is 36.3 Å². The van der Waals surface area contributed by atoms with Crippen LogP contribution in [0.3, 0.4) is 0 Å².